The van der Waals surface area contributed by atoms with Crippen molar-refractivity contribution in [3.63, 3.8) is 0 Å². The predicted octanol–water partition coefficient (Wildman–Crippen LogP) is 1.29. The third-order valence-corrected chi connectivity index (χ3v) is 21.1. The Morgan fingerprint density at radius 3 is 1.45 bits per heavy atom. The molecule has 12 amide bonds. The molecule has 2 saturated heterocycles. The minimum absolute atomic E-state index is 0.110. The number of fused-ring (bicyclic) bond motifs is 5. The summed E-state index contributed by atoms with van der Waals surface area (Å²) in [6, 6.07) is -7.40. The van der Waals surface area contributed by atoms with Crippen molar-refractivity contribution in [3.05, 3.63) is 29.8 Å². The van der Waals surface area contributed by atoms with Crippen LogP contribution in [0.4, 0.5) is 5.69 Å². The number of amides is 12. The van der Waals surface area contributed by atoms with Crippen molar-refractivity contribution in [1.82, 2.24) is 59.6 Å². The van der Waals surface area contributed by atoms with E-state index in [-0.39, 0.29) is 17.7 Å². The number of hydrogen-bond donors (Lipinski definition) is 5. The summed E-state index contributed by atoms with van der Waals surface area (Å²) in [7, 11) is 11.3. The van der Waals surface area contributed by atoms with Gasteiger partial charge in [0.2, 0.25) is 65.0 Å². The van der Waals surface area contributed by atoms with Gasteiger partial charge in [-0.05, 0) is 62.3 Å². The smallest absolute Gasteiger partial charge is 0.304 e. The largest absolute Gasteiger partial charge is 0.462 e. The SMILES string of the molecule is CCC(C)C1NC(=O)C(C(C)C)N(C)C(=O)C2CC3(O)c4ccccc4N(O)C3N2C(=O)CN(C)C(=O)C(C(C)CC)N(C)C(=O)C(C(C)C)NC(=O)C(OC(C)=O)N(C)C(=O)C(C(C)C(C)OC(C)=O)N(C)C(=O)C(C(C)(C)O)N(C)C(=O)CN(C)C(=O)C(C(C)C)N(C)C(=O)C(C(C)C)N(C)C1=O. The molecular weight excluding hydrogens is 1360 g/mol. The molecule has 3 heterocycles. The van der Waals surface area contributed by atoms with Gasteiger partial charge in [0, 0.05) is 95.2 Å². The number of esters is 2. The average Bonchev–Trinajstić information content (AvgIpc) is 1.54. The lowest BCUT2D eigenvalue weighted by molar-refractivity contribution is -0.175. The van der Waals surface area contributed by atoms with Gasteiger partial charge in [-0.1, -0.05) is 121 Å². The van der Waals surface area contributed by atoms with Crippen LogP contribution in [0, 0.1) is 41.4 Å². The molecule has 16 atom stereocenters. The Morgan fingerprint density at radius 1 is 0.524 bits per heavy atom. The van der Waals surface area contributed by atoms with Gasteiger partial charge in [-0.2, -0.15) is 0 Å². The number of hydroxylamine groups is 1. The Kier molecular flexibility index (Phi) is 30.2. The Balaban J connectivity index is 2.04. The standard InChI is InChI=1S/C73H119N13O19/c1-28-41(11)53-64(95)80(23)56(40(9)10)67(98)81(24)55(39(7)8)65(96)76(19)35-50(89)78(21)59(72(17,18)101)69(100)83(26)58(43(13)44(14)104-45(15)87)68(99)84(27)70(105-46(16)88)61(92)74-52(37(3)4)63(94)82(25)57(42(12)29-2)66(97)77(20)36-51(90)85-49(62(93)79(22)54(38(5)6)60(91)75-53)34-73(102)47-32-30-31-33-48(47)86(103)71(73)85/h30-33,37-44,49,52-59,70-71,101-103H,28-29,34-36H2,1-27H3,(H,74,92)(H,75,91). The number of benzene rings is 1. The molecule has 0 radical (unpaired) electrons. The van der Waals surface area contributed by atoms with Crippen LogP contribution in [0.3, 0.4) is 0 Å². The molecule has 590 valence electrons. The lowest BCUT2D eigenvalue weighted by Gasteiger charge is -2.43. The van der Waals surface area contributed by atoms with Gasteiger partial charge in [0.1, 0.15) is 66.1 Å². The number of hydrogen-bond acceptors (Lipinski definition) is 20. The number of nitrogens with zero attached hydrogens (tertiary/aromatic N) is 11. The van der Waals surface area contributed by atoms with Crippen LogP contribution in [-0.4, -0.2) is 302 Å². The number of carbonyl (C=O) groups is 14. The van der Waals surface area contributed by atoms with Crippen molar-refractivity contribution in [2.45, 2.75) is 228 Å². The Bertz CT molecular complexity index is 3400. The fraction of sp³-hybridized carbons (Fsp3) is 0.726. The summed E-state index contributed by atoms with van der Waals surface area (Å²) in [6.07, 6.45) is -5.04. The highest BCUT2D eigenvalue weighted by Gasteiger charge is 2.64. The number of nitrogens with one attached hydrogen (secondary N) is 2. The van der Waals surface area contributed by atoms with Crippen molar-refractivity contribution in [1.29, 1.82) is 0 Å². The molecule has 0 spiro atoms. The maximum Gasteiger partial charge on any atom is 0.304 e. The molecule has 105 heavy (non-hydrogen) atoms. The quantitative estimate of drug-likeness (QED) is 0.174. The Labute approximate surface area is 618 Å². The second kappa shape index (κ2) is 35.7. The Hall–Kier alpha value is -8.52. The summed E-state index contributed by atoms with van der Waals surface area (Å²) < 4.78 is 11.1. The summed E-state index contributed by atoms with van der Waals surface area (Å²) in [5.41, 5.74) is -4.01. The van der Waals surface area contributed by atoms with Crippen LogP contribution < -0.4 is 15.7 Å². The van der Waals surface area contributed by atoms with Crippen molar-refractivity contribution in [3.8, 4) is 0 Å². The molecule has 16 unspecified atom stereocenters. The normalized spacial score (nSPS) is 28.1. The van der Waals surface area contributed by atoms with Crippen molar-refractivity contribution in [2.75, 3.05) is 81.6 Å². The first-order valence-electron chi connectivity index (χ1n) is 36.0. The predicted molar refractivity (Wildman–Crippen MR) is 385 cm³/mol. The van der Waals surface area contributed by atoms with Crippen LogP contribution in [-0.2, 0) is 82.2 Å². The van der Waals surface area contributed by atoms with Gasteiger partial charge >= 0.3 is 11.9 Å². The number of anilines is 1. The second-order valence-corrected chi connectivity index (χ2v) is 30.9. The van der Waals surface area contributed by atoms with E-state index in [2.05, 4.69) is 10.6 Å². The molecule has 5 N–H and O–H groups in total. The molecule has 0 bridgehead atoms. The van der Waals surface area contributed by atoms with E-state index in [1.165, 1.54) is 99.0 Å². The van der Waals surface area contributed by atoms with Gasteiger partial charge in [0.25, 0.3) is 12.1 Å². The summed E-state index contributed by atoms with van der Waals surface area (Å²) in [4.78, 5) is 217. The van der Waals surface area contributed by atoms with E-state index in [1.807, 2.05) is 0 Å². The fourth-order valence-corrected chi connectivity index (χ4v) is 14.8. The molecular formula is C73H119N13O19. The van der Waals surface area contributed by atoms with Crippen molar-refractivity contribution in [2.24, 2.45) is 41.4 Å². The second-order valence-electron chi connectivity index (χ2n) is 30.9. The molecule has 1 aromatic rings. The van der Waals surface area contributed by atoms with Gasteiger partial charge < -0.3 is 79.3 Å². The molecule has 2 fully saturated rings. The van der Waals surface area contributed by atoms with E-state index in [9.17, 15) is 39.4 Å². The topological polar surface area (TPSA) is 378 Å². The molecule has 4 rings (SSSR count). The van der Waals surface area contributed by atoms with E-state index in [4.69, 9.17) is 9.47 Å². The molecule has 0 saturated carbocycles. The van der Waals surface area contributed by atoms with Crippen molar-refractivity contribution < 1.29 is 92.0 Å². The highest BCUT2D eigenvalue weighted by molar-refractivity contribution is 6.00. The lowest BCUT2D eigenvalue weighted by Crippen LogP contribution is -2.65. The van der Waals surface area contributed by atoms with Crippen LogP contribution in [0.15, 0.2) is 24.3 Å². The number of likely N-dealkylation sites (N-methyl/N-ethyl adjacent to an activating group) is 9. The fourth-order valence-electron chi connectivity index (χ4n) is 14.8. The maximum atomic E-state index is 15.5. The van der Waals surface area contributed by atoms with E-state index in [0.717, 1.165) is 62.2 Å². The van der Waals surface area contributed by atoms with Gasteiger partial charge in [0.15, 0.2) is 6.17 Å². The average molecular weight is 1480 g/mol. The van der Waals surface area contributed by atoms with Crippen molar-refractivity contribution >= 4 is 88.5 Å². The summed E-state index contributed by atoms with van der Waals surface area (Å²) in [6.45, 7) is 25.8. The number of aliphatic hydroxyl groups is 2. The van der Waals surface area contributed by atoms with E-state index < -0.39 is 228 Å². The first-order chi connectivity index (χ1) is 48.3. The lowest BCUT2D eigenvalue weighted by atomic mass is 9.90. The van der Waals surface area contributed by atoms with Gasteiger partial charge in [-0.25, -0.2) is 5.06 Å². The van der Waals surface area contributed by atoms with Crippen LogP contribution in [0.2, 0.25) is 0 Å². The van der Waals surface area contributed by atoms with Crippen LogP contribution in [0.1, 0.15) is 149 Å². The summed E-state index contributed by atoms with van der Waals surface area (Å²) in [5.74, 6) is -18.1. The zero-order valence-electron chi connectivity index (χ0n) is 66.6. The molecule has 0 aromatic heterocycles. The minimum atomic E-state index is -2.22. The molecule has 3 aliphatic rings. The van der Waals surface area contributed by atoms with Gasteiger partial charge in [0.05, 0.1) is 24.4 Å². The monoisotopic (exact) mass is 1480 g/mol. The summed E-state index contributed by atoms with van der Waals surface area (Å²) >= 11 is 0. The van der Waals surface area contributed by atoms with E-state index >= 15 is 43.2 Å². The molecule has 0 aliphatic carbocycles. The zero-order valence-corrected chi connectivity index (χ0v) is 66.6. The Morgan fingerprint density at radius 2 is 0.962 bits per heavy atom. The molecule has 1 aromatic carbocycles. The molecule has 32 nitrogen and oxygen atoms in total. The minimum Gasteiger partial charge on any atom is -0.462 e. The highest BCUT2D eigenvalue weighted by Crippen LogP contribution is 2.52. The van der Waals surface area contributed by atoms with Gasteiger partial charge in [-0.3, -0.25) is 72.3 Å². The third-order valence-electron chi connectivity index (χ3n) is 21.1. The summed E-state index contributed by atoms with van der Waals surface area (Å²) in [5, 5.41) is 42.8. The number of para-hydroxylation sites is 1. The number of carbonyl (C=O) groups excluding carboxylic acids is 14. The van der Waals surface area contributed by atoms with Gasteiger partial charge in [-0.15, -0.1) is 0 Å². The molecule has 32 heteroatoms. The highest BCUT2D eigenvalue weighted by atomic mass is 16.6. The first kappa shape index (κ1) is 88.9. The van der Waals surface area contributed by atoms with Crippen LogP contribution in [0.25, 0.3) is 0 Å². The first-order valence-corrected chi connectivity index (χ1v) is 36.0. The molecule has 3 aliphatic heterocycles. The van der Waals surface area contributed by atoms with Crippen LogP contribution in [0.5, 0.6) is 0 Å². The van der Waals surface area contributed by atoms with E-state index in [1.54, 1.807) is 95.2 Å². The number of ether oxygens (including phenoxy) is 2. The van der Waals surface area contributed by atoms with Crippen LogP contribution >= 0.6 is 0 Å². The van der Waals surface area contributed by atoms with E-state index in [0.29, 0.717) is 16.4 Å². The third kappa shape index (κ3) is 19.0. The maximum absolute atomic E-state index is 15.5. The zero-order chi connectivity index (χ0) is 80.8. The number of rotatable bonds is 13.